The van der Waals surface area contributed by atoms with Crippen LogP contribution in [0.2, 0.25) is 0 Å². The van der Waals surface area contributed by atoms with E-state index in [1.54, 1.807) is 26.0 Å². The number of nitrogens with zero attached hydrogens (tertiary/aromatic N) is 4. The van der Waals surface area contributed by atoms with Crippen LogP contribution in [0, 0.1) is 11.3 Å². The highest BCUT2D eigenvalue weighted by atomic mass is 19.4. The first-order valence-electron chi connectivity index (χ1n) is 12.3. The number of benzene rings is 1. The molecule has 4 N–H and O–H groups in total. The molecule has 9 nitrogen and oxygen atoms in total. The third-order valence-corrected chi connectivity index (χ3v) is 6.40. The number of fused-ring (bicyclic) bond motifs is 1. The number of anilines is 4. The van der Waals surface area contributed by atoms with Gasteiger partial charge in [0.1, 0.15) is 17.9 Å². The Balaban J connectivity index is 1.66. The summed E-state index contributed by atoms with van der Waals surface area (Å²) in [7, 11) is 0. The zero-order valence-corrected chi connectivity index (χ0v) is 22.0. The Hall–Kier alpha value is -4.24. The number of alkyl halides is 3. The standard InChI is InChI=1S/C27H29F3N8O/c1-25(2,13-31)21-10-18(7-8-33-21)36-22-19(23(39)35-15-27(28,29)30)12-34-24(38-22)37-17-5-6-20-16(9-17)11-32-14-26(20,3)4/h5-10,12,32H,11,14-15H2,1-4H3,(H,35,39)(H2,33,34,36,37,38). The molecule has 3 heterocycles. The average Bonchev–Trinajstić information content (AvgIpc) is 2.87. The van der Waals surface area contributed by atoms with Gasteiger partial charge >= 0.3 is 6.18 Å². The number of carbonyl (C=O) groups excluding carboxylic acids is 1. The molecule has 39 heavy (non-hydrogen) atoms. The number of nitriles is 1. The van der Waals surface area contributed by atoms with Crippen LogP contribution < -0.4 is 21.3 Å². The Morgan fingerprint density at radius 1 is 1.13 bits per heavy atom. The van der Waals surface area contributed by atoms with Crippen LogP contribution in [0.3, 0.4) is 0 Å². The highest BCUT2D eigenvalue weighted by molar-refractivity contribution is 5.99. The quantitative estimate of drug-likeness (QED) is 0.337. The molecular weight excluding hydrogens is 509 g/mol. The van der Waals surface area contributed by atoms with E-state index in [9.17, 15) is 23.2 Å². The lowest BCUT2D eigenvalue weighted by molar-refractivity contribution is -0.123. The summed E-state index contributed by atoms with van der Waals surface area (Å²) in [4.78, 5) is 25.5. The van der Waals surface area contributed by atoms with Gasteiger partial charge in [-0.25, -0.2) is 4.98 Å². The molecule has 4 rings (SSSR count). The second-order valence-electron chi connectivity index (χ2n) is 10.5. The molecule has 2 aromatic heterocycles. The van der Waals surface area contributed by atoms with Gasteiger partial charge in [0, 0.05) is 42.3 Å². The number of halogens is 3. The number of hydrogen-bond acceptors (Lipinski definition) is 8. The van der Waals surface area contributed by atoms with Crippen LogP contribution in [0.5, 0.6) is 0 Å². The van der Waals surface area contributed by atoms with E-state index in [4.69, 9.17) is 0 Å². The summed E-state index contributed by atoms with van der Waals surface area (Å²) >= 11 is 0. The minimum Gasteiger partial charge on any atom is -0.343 e. The van der Waals surface area contributed by atoms with Gasteiger partial charge in [-0.05, 0) is 49.2 Å². The molecule has 0 radical (unpaired) electrons. The molecular formula is C27H29F3N8O. The fourth-order valence-electron chi connectivity index (χ4n) is 4.24. The van der Waals surface area contributed by atoms with Crippen LogP contribution >= 0.6 is 0 Å². The van der Waals surface area contributed by atoms with Crippen LogP contribution in [-0.4, -0.2) is 40.1 Å². The summed E-state index contributed by atoms with van der Waals surface area (Å²) in [5, 5.41) is 20.8. The van der Waals surface area contributed by atoms with Gasteiger partial charge in [0.2, 0.25) is 5.95 Å². The molecule has 0 saturated heterocycles. The molecule has 0 aliphatic carbocycles. The van der Waals surface area contributed by atoms with E-state index >= 15 is 0 Å². The number of carbonyl (C=O) groups is 1. The predicted molar refractivity (Wildman–Crippen MR) is 141 cm³/mol. The lowest BCUT2D eigenvalue weighted by Crippen LogP contribution is -2.38. The summed E-state index contributed by atoms with van der Waals surface area (Å²) in [6.45, 7) is 7.82. The van der Waals surface area contributed by atoms with E-state index in [0.29, 0.717) is 17.9 Å². The van der Waals surface area contributed by atoms with Crippen molar-refractivity contribution in [3.05, 3.63) is 65.1 Å². The zero-order chi connectivity index (χ0) is 28.4. The monoisotopic (exact) mass is 538 g/mol. The lowest BCUT2D eigenvalue weighted by Gasteiger charge is -2.33. The molecule has 0 atom stereocenters. The maximum absolute atomic E-state index is 12.7. The van der Waals surface area contributed by atoms with Crippen LogP contribution in [0.4, 0.5) is 36.3 Å². The SMILES string of the molecule is CC(C)(C#N)c1cc(Nc2nc(Nc3ccc4c(c3)CNCC4(C)C)ncc2C(=O)NCC(F)(F)F)ccn1. The molecule has 0 unspecified atom stereocenters. The Morgan fingerprint density at radius 2 is 1.87 bits per heavy atom. The van der Waals surface area contributed by atoms with E-state index in [-0.39, 0.29) is 22.7 Å². The normalized spacial score (nSPS) is 14.6. The summed E-state index contributed by atoms with van der Waals surface area (Å²) < 4.78 is 38.2. The van der Waals surface area contributed by atoms with Crippen molar-refractivity contribution in [2.45, 2.75) is 51.2 Å². The van der Waals surface area contributed by atoms with Gasteiger partial charge < -0.3 is 21.3 Å². The van der Waals surface area contributed by atoms with E-state index in [0.717, 1.165) is 24.0 Å². The smallest absolute Gasteiger partial charge is 0.343 e. The fraction of sp³-hybridized carbons (Fsp3) is 0.370. The van der Waals surface area contributed by atoms with Crippen molar-refractivity contribution in [1.82, 2.24) is 25.6 Å². The lowest BCUT2D eigenvalue weighted by atomic mass is 9.79. The molecule has 0 fully saturated rings. The van der Waals surface area contributed by atoms with Gasteiger partial charge in [0.05, 0.1) is 17.2 Å². The van der Waals surface area contributed by atoms with Crippen LogP contribution in [0.25, 0.3) is 0 Å². The molecule has 3 aromatic rings. The average molecular weight is 539 g/mol. The third kappa shape index (κ3) is 6.61. The molecule has 1 aliphatic heterocycles. The summed E-state index contributed by atoms with van der Waals surface area (Å²) in [6, 6.07) is 11.3. The second kappa shape index (κ2) is 10.5. The van der Waals surface area contributed by atoms with Crippen molar-refractivity contribution >= 4 is 29.0 Å². The number of aromatic nitrogens is 3. The van der Waals surface area contributed by atoms with Crippen molar-refractivity contribution < 1.29 is 18.0 Å². The van der Waals surface area contributed by atoms with Crippen molar-refractivity contribution in [1.29, 1.82) is 5.26 Å². The van der Waals surface area contributed by atoms with E-state index in [1.807, 2.05) is 23.5 Å². The van der Waals surface area contributed by atoms with Crippen molar-refractivity contribution in [3.63, 3.8) is 0 Å². The number of hydrogen-bond donors (Lipinski definition) is 4. The van der Waals surface area contributed by atoms with Crippen LogP contribution in [-0.2, 0) is 17.4 Å². The first-order valence-corrected chi connectivity index (χ1v) is 12.3. The summed E-state index contributed by atoms with van der Waals surface area (Å²) in [6.07, 6.45) is -1.93. The van der Waals surface area contributed by atoms with Crippen LogP contribution in [0.1, 0.15) is 54.9 Å². The second-order valence-corrected chi connectivity index (χ2v) is 10.5. The molecule has 0 bridgehead atoms. The zero-order valence-electron chi connectivity index (χ0n) is 22.0. The molecule has 1 amide bonds. The van der Waals surface area contributed by atoms with E-state index in [1.165, 1.54) is 11.8 Å². The minimum atomic E-state index is -4.58. The molecule has 1 aliphatic rings. The maximum atomic E-state index is 12.7. The van der Waals surface area contributed by atoms with Gasteiger partial charge in [-0.1, -0.05) is 19.9 Å². The number of amides is 1. The minimum absolute atomic E-state index is 0.0140. The van der Waals surface area contributed by atoms with E-state index in [2.05, 4.69) is 50.8 Å². The first-order chi connectivity index (χ1) is 18.3. The Kier molecular flexibility index (Phi) is 7.48. The Bertz CT molecular complexity index is 1430. The van der Waals surface area contributed by atoms with Gasteiger partial charge in [0.15, 0.2) is 0 Å². The van der Waals surface area contributed by atoms with Crippen molar-refractivity contribution in [3.8, 4) is 6.07 Å². The largest absolute Gasteiger partial charge is 0.405 e. The molecule has 0 spiro atoms. The van der Waals surface area contributed by atoms with E-state index < -0.39 is 24.0 Å². The number of rotatable bonds is 7. The summed E-state index contributed by atoms with van der Waals surface area (Å²) in [5.41, 5.74) is 2.90. The molecule has 0 saturated carbocycles. The molecule has 12 heteroatoms. The molecule has 204 valence electrons. The van der Waals surface area contributed by atoms with Gasteiger partial charge in [-0.2, -0.15) is 23.4 Å². The van der Waals surface area contributed by atoms with Gasteiger partial charge in [-0.3, -0.25) is 9.78 Å². The maximum Gasteiger partial charge on any atom is 0.405 e. The van der Waals surface area contributed by atoms with Crippen molar-refractivity contribution in [2.24, 2.45) is 0 Å². The number of pyridine rings is 1. The Labute approximate surface area is 224 Å². The van der Waals surface area contributed by atoms with Crippen molar-refractivity contribution in [2.75, 3.05) is 23.7 Å². The van der Waals surface area contributed by atoms with Gasteiger partial charge in [0.25, 0.3) is 5.91 Å². The fourth-order valence-corrected chi connectivity index (χ4v) is 4.24. The highest BCUT2D eigenvalue weighted by Crippen LogP contribution is 2.32. The van der Waals surface area contributed by atoms with Crippen LogP contribution in [0.15, 0.2) is 42.7 Å². The topological polar surface area (TPSA) is 128 Å². The highest BCUT2D eigenvalue weighted by Gasteiger charge is 2.29. The predicted octanol–water partition coefficient (Wildman–Crippen LogP) is 4.83. The first kappa shape index (κ1) is 27.8. The Morgan fingerprint density at radius 3 is 2.59 bits per heavy atom. The van der Waals surface area contributed by atoms with Gasteiger partial charge in [-0.15, -0.1) is 0 Å². The molecule has 1 aromatic carbocycles. The number of nitrogens with one attached hydrogen (secondary N) is 4. The summed E-state index contributed by atoms with van der Waals surface area (Å²) in [5.74, 6) is -0.866. The third-order valence-electron chi connectivity index (χ3n) is 6.40.